The van der Waals surface area contributed by atoms with Crippen LogP contribution in [-0.4, -0.2) is 61.1 Å². The third-order valence-electron chi connectivity index (χ3n) is 5.68. The molecule has 206 valence electrons. The van der Waals surface area contributed by atoms with Gasteiger partial charge in [0.25, 0.3) is 5.69 Å². The maximum Gasteiger partial charge on any atom is 0.339 e. The second-order valence-corrected chi connectivity index (χ2v) is 7.97. The molecular weight excluding hydrogens is 504 g/mol. The van der Waals surface area contributed by atoms with E-state index in [-0.39, 0.29) is 42.0 Å². The number of carbonyl (C=O) groups is 4. The molecular formula is C25H30N2O11. The molecule has 0 spiro atoms. The molecule has 0 radical (unpaired) electrons. The van der Waals surface area contributed by atoms with E-state index in [1.54, 1.807) is 27.7 Å². The minimum atomic E-state index is -1.17. The minimum Gasteiger partial charge on any atom is -0.428 e. The summed E-state index contributed by atoms with van der Waals surface area (Å²) in [7, 11) is 1.41. The predicted octanol–water partition coefficient (Wildman–Crippen LogP) is 3.05. The Labute approximate surface area is 219 Å². The molecule has 1 heterocycles. The van der Waals surface area contributed by atoms with Crippen molar-refractivity contribution in [2.75, 3.05) is 27.4 Å². The highest BCUT2D eigenvalue weighted by atomic mass is 16.7. The molecule has 0 bridgehead atoms. The number of ether oxygens (including phenoxy) is 5. The molecule has 2 rings (SSSR count). The predicted molar refractivity (Wildman–Crippen MR) is 130 cm³/mol. The van der Waals surface area contributed by atoms with Crippen LogP contribution in [0.5, 0.6) is 0 Å². The Morgan fingerprint density at radius 1 is 0.895 bits per heavy atom. The lowest BCUT2D eigenvalue weighted by atomic mass is 9.79. The third kappa shape index (κ3) is 7.16. The standard InChI is InChI=1S/C25H30N2O11/c1-6-19(28)35-13-37-24(30)21-15(3)26(12-34-5)16(4)22(25(31)38-14-36-20(29)7-2)23(21)17-9-8-10-18(11-17)27(32)33/h8-11,23H,6-7,12-14H2,1-5H3. The number of esters is 4. The normalized spacial score (nSPS) is 13.8. The van der Waals surface area contributed by atoms with Crippen LogP contribution in [0.15, 0.2) is 46.8 Å². The van der Waals surface area contributed by atoms with Gasteiger partial charge in [-0.25, -0.2) is 9.59 Å². The fourth-order valence-corrected chi connectivity index (χ4v) is 3.77. The van der Waals surface area contributed by atoms with Gasteiger partial charge >= 0.3 is 23.9 Å². The van der Waals surface area contributed by atoms with Crippen LogP contribution in [0.1, 0.15) is 52.0 Å². The van der Waals surface area contributed by atoms with Crippen molar-refractivity contribution in [2.45, 2.75) is 46.5 Å². The zero-order valence-electron chi connectivity index (χ0n) is 21.8. The second-order valence-electron chi connectivity index (χ2n) is 7.97. The highest BCUT2D eigenvalue weighted by Crippen LogP contribution is 2.43. The maximum absolute atomic E-state index is 13.3. The summed E-state index contributed by atoms with van der Waals surface area (Å²) in [5, 5.41) is 11.5. The van der Waals surface area contributed by atoms with Gasteiger partial charge in [-0.1, -0.05) is 26.0 Å². The summed E-state index contributed by atoms with van der Waals surface area (Å²) >= 11 is 0. The molecule has 38 heavy (non-hydrogen) atoms. The van der Waals surface area contributed by atoms with Gasteiger partial charge in [-0.15, -0.1) is 0 Å². The lowest BCUT2D eigenvalue weighted by Crippen LogP contribution is -2.36. The number of methoxy groups -OCH3 is 1. The second kappa shape index (κ2) is 13.9. The van der Waals surface area contributed by atoms with E-state index < -0.39 is 48.3 Å². The van der Waals surface area contributed by atoms with Crippen LogP contribution in [0.25, 0.3) is 0 Å². The number of nitro benzene ring substituents is 1. The van der Waals surface area contributed by atoms with Crippen molar-refractivity contribution in [1.82, 2.24) is 4.90 Å². The first-order valence-electron chi connectivity index (χ1n) is 11.6. The van der Waals surface area contributed by atoms with E-state index in [1.165, 1.54) is 36.3 Å². The van der Waals surface area contributed by atoms with Crippen molar-refractivity contribution in [3.05, 3.63) is 62.5 Å². The van der Waals surface area contributed by atoms with Gasteiger partial charge in [0.2, 0.25) is 13.6 Å². The Morgan fingerprint density at radius 3 is 1.82 bits per heavy atom. The summed E-state index contributed by atoms with van der Waals surface area (Å²) in [5.74, 6) is -4.22. The summed E-state index contributed by atoms with van der Waals surface area (Å²) in [6.45, 7) is 4.90. The topological polar surface area (TPSA) is 161 Å². The molecule has 0 atom stereocenters. The molecule has 0 aliphatic carbocycles. The Morgan fingerprint density at radius 2 is 1.39 bits per heavy atom. The number of nitro groups is 1. The van der Waals surface area contributed by atoms with E-state index in [9.17, 15) is 29.3 Å². The van der Waals surface area contributed by atoms with Crippen LogP contribution in [0.3, 0.4) is 0 Å². The number of non-ortho nitro benzene ring substituents is 1. The van der Waals surface area contributed by atoms with Gasteiger partial charge in [-0.05, 0) is 19.4 Å². The summed E-state index contributed by atoms with van der Waals surface area (Å²) < 4.78 is 25.3. The molecule has 1 aliphatic heterocycles. The Hall–Kier alpha value is -4.26. The van der Waals surface area contributed by atoms with Crippen LogP contribution in [-0.2, 0) is 42.9 Å². The van der Waals surface area contributed by atoms with Crippen molar-refractivity contribution in [3.8, 4) is 0 Å². The van der Waals surface area contributed by atoms with Crippen LogP contribution in [0.2, 0.25) is 0 Å². The molecule has 1 aromatic carbocycles. The highest BCUT2D eigenvalue weighted by molar-refractivity contribution is 6.00. The van der Waals surface area contributed by atoms with E-state index >= 15 is 0 Å². The molecule has 0 fully saturated rings. The minimum absolute atomic E-state index is 0.0572. The van der Waals surface area contributed by atoms with E-state index in [4.69, 9.17) is 23.7 Å². The van der Waals surface area contributed by atoms with E-state index in [2.05, 4.69) is 0 Å². The Kier molecular flexibility index (Phi) is 10.9. The molecule has 13 heteroatoms. The van der Waals surface area contributed by atoms with E-state index in [0.717, 1.165) is 0 Å². The molecule has 1 aromatic rings. The van der Waals surface area contributed by atoms with Gasteiger partial charge in [0.15, 0.2) is 0 Å². The zero-order valence-corrected chi connectivity index (χ0v) is 21.8. The van der Waals surface area contributed by atoms with E-state index in [0.29, 0.717) is 11.4 Å². The Balaban J connectivity index is 2.63. The van der Waals surface area contributed by atoms with E-state index in [1.807, 2.05) is 0 Å². The van der Waals surface area contributed by atoms with Gasteiger partial charge in [0.1, 0.15) is 6.73 Å². The van der Waals surface area contributed by atoms with Gasteiger partial charge in [0, 0.05) is 43.5 Å². The third-order valence-corrected chi connectivity index (χ3v) is 5.68. The number of hydrogen-bond acceptors (Lipinski definition) is 12. The smallest absolute Gasteiger partial charge is 0.339 e. The Bertz CT molecular complexity index is 1100. The van der Waals surface area contributed by atoms with Crippen molar-refractivity contribution in [1.29, 1.82) is 0 Å². The molecule has 0 amide bonds. The fraction of sp³-hybridized carbons (Fsp3) is 0.440. The number of nitrogens with zero attached hydrogens (tertiary/aromatic N) is 2. The monoisotopic (exact) mass is 534 g/mol. The maximum atomic E-state index is 13.3. The molecule has 0 saturated heterocycles. The SMILES string of the molecule is CCC(=O)OCOC(=O)C1=C(C)N(COC)C(C)=C(C(=O)OCOC(=O)CC)C1c1cccc([N+](=O)[O-])c1. The van der Waals surface area contributed by atoms with Crippen molar-refractivity contribution < 1.29 is 47.8 Å². The first kappa shape index (κ1) is 30.0. The molecule has 13 nitrogen and oxygen atoms in total. The lowest BCUT2D eigenvalue weighted by Gasteiger charge is -2.37. The fourth-order valence-electron chi connectivity index (χ4n) is 3.77. The largest absolute Gasteiger partial charge is 0.428 e. The molecule has 0 N–H and O–H groups in total. The van der Waals surface area contributed by atoms with Crippen molar-refractivity contribution in [2.24, 2.45) is 0 Å². The van der Waals surface area contributed by atoms with Crippen molar-refractivity contribution in [3.63, 3.8) is 0 Å². The van der Waals surface area contributed by atoms with Crippen LogP contribution < -0.4 is 0 Å². The average Bonchev–Trinajstić information content (AvgIpc) is 2.90. The van der Waals surface area contributed by atoms with Gasteiger partial charge < -0.3 is 28.6 Å². The quantitative estimate of drug-likeness (QED) is 0.167. The number of rotatable bonds is 12. The number of hydrogen-bond donors (Lipinski definition) is 0. The van der Waals surface area contributed by atoms with Gasteiger partial charge in [-0.3, -0.25) is 19.7 Å². The first-order chi connectivity index (χ1) is 18.1. The van der Waals surface area contributed by atoms with Crippen molar-refractivity contribution >= 4 is 29.6 Å². The summed E-state index contributed by atoms with van der Waals surface area (Å²) in [4.78, 5) is 62.0. The molecule has 1 aliphatic rings. The summed E-state index contributed by atoms with van der Waals surface area (Å²) in [6.07, 6.45) is 0.134. The average molecular weight is 535 g/mol. The van der Waals surface area contributed by atoms with Crippen LogP contribution in [0, 0.1) is 10.1 Å². The highest BCUT2D eigenvalue weighted by Gasteiger charge is 2.41. The number of carbonyl (C=O) groups excluding carboxylic acids is 4. The number of allylic oxidation sites excluding steroid dienone is 2. The van der Waals surface area contributed by atoms with Crippen LogP contribution >= 0.6 is 0 Å². The molecule has 0 unspecified atom stereocenters. The molecule has 0 aromatic heterocycles. The molecule has 0 saturated carbocycles. The lowest BCUT2D eigenvalue weighted by molar-refractivity contribution is -0.384. The summed E-state index contributed by atoms with van der Waals surface area (Å²) in [6, 6.07) is 5.42. The van der Waals surface area contributed by atoms with Crippen LogP contribution in [0.4, 0.5) is 5.69 Å². The van der Waals surface area contributed by atoms with Gasteiger partial charge in [0.05, 0.1) is 22.0 Å². The number of benzene rings is 1. The summed E-state index contributed by atoms with van der Waals surface area (Å²) in [5.41, 5.74) is 0.510. The zero-order chi connectivity index (χ0) is 28.4. The first-order valence-corrected chi connectivity index (χ1v) is 11.6. The van der Waals surface area contributed by atoms with Gasteiger partial charge in [-0.2, -0.15) is 0 Å².